The molecule has 1 rings (SSSR count). The highest BCUT2D eigenvalue weighted by atomic mass is 16.5. The van der Waals surface area contributed by atoms with Crippen LogP contribution < -0.4 is 10.1 Å². The molecule has 1 N–H and O–H groups in total. The summed E-state index contributed by atoms with van der Waals surface area (Å²) in [4.78, 5) is 0. The summed E-state index contributed by atoms with van der Waals surface area (Å²) in [6, 6.07) is 8.51. The predicted molar refractivity (Wildman–Crippen MR) is 74.3 cm³/mol. The fourth-order valence-corrected chi connectivity index (χ4v) is 1.39. The van der Waals surface area contributed by atoms with Gasteiger partial charge in [0.2, 0.25) is 0 Å². The Morgan fingerprint density at radius 1 is 1.35 bits per heavy atom. The molecule has 0 saturated heterocycles. The Morgan fingerprint density at radius 2 is 2.12 bits per heavy atom. The molecule has 0 bridgehead atoms. The number of hydrogen-bond donors (Lipinski definition) is 1. The van der Waals surface area contributed by atoms with Gasteiger partial charge in [0.1, 0.15) is 12.4 Å². The molecule has 0 spiro atoms. The number of benzene rings is 1. The maximum Gasteiger partial charge on any atom is 0.126 e. The molecule has 17 heavy (non-hydrogen) atoms. The van der Waals surface area contributed by atoms with Crippen molar-refractivity contribution in [1.82, 2.24) is 5.32 Å². The van der Waals surface area contributed by atoms with Crippen molar-refractivity contribution in [1.29, 1.82) is 0 Å². The number of hydrogen-bond acceptors (Lipinski definition) is 2. The molecule has 0 heterocycles. The van der Waals surface area contributed by atoms with E-state index in [0.29, 0.717) is 12.6 Å². The highest BCUT2D eigenvalue weighted by Crippen LogP contribution is 2.19. The highest BCUT2D eigenvalue weighted by Gasteiger charge is 1.97. The molecule has 2 heteroatoms. The van der Waals surface area contributed by atoms with Crippen LogP contribution in [0.25, 0.3) is 6.08 Å². The van der Waals surface area contributed by atoms with Crippen LogP contribution in [-0.2, 0) is 0 Å². The summed E-state index contributed by atoms with van der Waals surface area (Å²) in [6.07, 6.45) is 5.94. The molecule has 0 aliphatic heterocycles. The van der Waals surface area contributed by atoms with Gasteiger partial charge in [-0.1, -0.05) is 56.9 Å². The molecule has 0 saturated carbocycles. The largest absolute Gasteiger partial charge is 0.489 e. The van der Waals surface area contributed by atoms with Crippen molar-refractivity contribution >= 4 is 6.08 Å². The van der Waals surface area contributed by atoms with E-state index >= 15 is 0 Å². The average Bonchev–Trinajstić information content (AvgIpc) is 2.33. The Balaban J connectivity index is 2.59. The molecule has 0 aromatic heterocycles. The predicted octanol–water partition coefficient (Wildman–Crippen LogP) is 3.26. The molecule has 0 fully saturated rings. The van der Waals surface area contributed by atoms with Gasteiger partial charge in [0.25, 0.3) is 0 Å². The van der Waals surface area contributed by atoms with E-state index in [4.69, 9.17) is 4.74 Å². The van der Waals surface area contributed by atoms with Crippen molar-refractivity contribution in [2.75, 3.05) is 13.2 Å². The number of ether oxygens (including phenoxy) is 1. The summed E-state index contributed by atoms with van der Waals surface area (Å²) in [5.41, 5.74) is 1.10. The van der Waals surface area contributed by atoms with Gasteiger partial charge in [-0.2, -0.15) is 0 Å². The molecule has 0 aliphatic rings. The first-order valence-electron chi connectivity index (χ1n) is 5.96. The van der Waals surface area contributed by atoms with E-state index in [1.54, 1.807) is 6.08 Å². The first kappa shape index (κ1) is 13.5. The molecule has 0 unspecified atom stereocenters. The van der Waals surface area contributed by atoms with Crippen molar-refractivity contribution in [3.05, 3.63) is 48.6 Å². The lowest BCUT2D eigenvalue weighted by molar-refractivity contribution is 0.362. The second-order valence-corrected chi connectivity index (χ2v) is 4.10. The molecule has 0 radical (unpaired) electrons. The Kier molecular flexibility index (Phi) is 6.12. The third-order valence-electron chi connectivity index (χ3n) is 2.22. The lowest BCUT2D eigenvalue weighted by Gasteiger charge is -2.07. The third-order valence-corrected chi connectivity index (χ3v) is 2.22. The fraction of sp³-hybridized carbons (Fsp3) is 0.333. The lowest BCUT2D eigenvalue weighted by Crippen LogP contribution is -2.22. The maximum atomic E-state index is 5.57. The zero-order chi connectivity index (χ0) is 12.5. The quantitative estimate of drug-likeness (QED) is 0.727. The van der Waals surface area contributed by atoms with Crippen LogP contribution in [-0.4, -0.2) is 19.2 Å². The van der Waals surface area contributed by atoms with Crippen molar-refractivity contribution in [2.24, 2.45) is 0 Å². The minimum absolute atomic E-state index is 0.506. The molecule has 0 aliphatic carbocycles. The van der Waals surface area contributed by atoms with E-state index in [9.17, 15) is 0 Å². The molecular weight excluding hydrogens is 210 g/mol. The first-order chi connectivity index (χ1) is 8.24. The van der Waals surface area contributed by atoms with Crippen LogP contribution in [0.15, 0.2) is 43.0 Å². The summed E-state index contributed by atoms with van der Waals surface area (Å²) in [7, 11) is 0. The average molecular weight is 231 g/mol. The van der Waals surface area contributed by atoms with Crippen LogP contribution in [0, 0.1) is 0 Å². The number of rotatable bonds is 7. The van der Waals surface area contributed by atoms with Gasteiger partial charge < -0.3 is 10.1 Å². The van der Waals surface area contributed by atoms with Crippen LogP contribution in [0.3, 0.4) is 0 Å². The SMILES string of the molecule is C=CCOc1ccccc1C=CCNC(C)C. The Labute approximate surface area is 104 Å². The summed E-state index contributed by atoms with van der Waals surface area (Å²) in [5.74, 6) is 0.896. The lowest BCUT2D eigenvalue weighted by atomic mass is 10.2. The number of para-hydroxylation sites is 1. The van der Waals surface area contributed by atoms with E-state index < -0.39 is 0 Å². The minimum Gasteiger partial charge on any atom is -0.489 e. The van der Waals surface area contributed by atoms with Gasteiger partial charge in [0.05, 0.1) is 0 Å². The summed E-state index contributed by atoms with van der Waals surface area (Å²) in [6.45, 7) is 9.32. The summed E-state index contributed by atoms with van der Waals surface area (Å²) in [5, 5.41) is 3.33. The van der Waals surface area contributed by atoms with E-state index in [1.165, 1.54) is 0 Å². The topological polar surface area (TPSA) is 21.3 Å². The Hall–Kier alpha value is -1.54. The van der Waals surface area contributed by atoms with Crippen LogP contribution in [0.1, 0.15) is 19.4 Å². The minimum atomic E-state index is 0.506. The van der Waals surface area contributed by atoms with Gasteiger partial charge in [-0.3, -0.25) is 0 Å². The Bertz CT molecular complexity index is 369. The maximum absolute atomic E-state index is 5.57. The normalized spacial score (nSPS) is 11.0. The van der Waals surface area contributed by atoms with Gasteiger partial charge in [-0.05, 0) is 6.07 Å². The van der Waals surface area contributed by atoms with Crippen molar-refractivity contribution in [2.45, 2.75) is 19.9 Å². The Morgan fingerprint density at radius 3 is 2.82 bits per heavy atom. The van der Waals surface area contributed by atoms with Gasteiger partial charge in [-0.25, -0.2) is 0 Å². The van der Waals surface area contributed by atoms with Crippen LogP contribution in [0.5, 0.6) is 5.75 Å². The van der Waals surface area contributed by atoms with Gasteiger partial charge in [0.15, 0.2) is 0 Å². The fourth-order valence-electron chi connectivity index (χ4n) is 1.39. The highest BCUT2D eigenvalue weighted by molar-refractivity contribution is 5.57. The standard InChI is InChI=1S/C15H21NO/c1-4-12-17-15-10-6-5-8-14(15)9-7-11-16-13(2)3/h4-10,13,16H,1,11-12H2,2-3H3. The van der Waals surface area contributed by atoms with Crippen LogP contribution in [0.4, 0.5) is 0 Å². The van der Waals surface area contributed by atoms with E-state index in [0.717, 1.165) is 17.9 Å². The van der Waals surface area contributed by atoms with Crippen LogP contribution >= 0.6 is 0 Å². The smallest absolute Gasteiger partial charge is 0.126 e. The molecule has 0 atom stereocenters. The van der Waals surface area contributed by atoms with Gasteiger partial charge >= 0.3 is 0 Å². The molecule has 1 aromatic rings. The van der Waals surface area contributed by atoms with E-state index in [-0.39, 0.29) is 0 Å². The molecule has 92 valence electrons. The molecule has 1 aromatic carbocycles. The second kappa shape index (κ2) is 7.69. The zero-order valence-corrected chi connectivity index (χ0v) is 10.6. The monoisotopic (exact) mass is 231 g/mol. The van der Waals surface area contributed by atoms with Gasteiger partial charge in [-0.15, -0.1) is 0 Å². The molecular formula is C15H21NO. The third kappa shape index (κ3) is 5.36. The first-order valence-corrected chi connectivity index (χ1v) is 5.96. The molecule has 0 amide bonds. The second-order valence-electron chi connectivity index (χ2n) is 4.10. The number of nitrogens with one attached hydrogen (secondary N) is 1. The van der Waals surface area contributed by atoms with Crippen LogP contribution in [0.2, 0.25) is 0 Å². The summed E-state index contributed by atoms with van der Waals surface area (Å²) >= 11 is 0. The van der Waals surface area contributed by atoms with E-state index in [1.807, 2.05) is 24.3 Å². The van der Waals surface area contributed by atoms with Crippen molar-refractivity contribution in [3.63, 3.8) is 0 Å². The molecule has 2 nitrogen and oxygen atoms in total. The zero-order valence-electron chi connectivity index (χ0n) is 10.6. The van der Waals surface area contributed by atoms with E-state index in [2.05, 4.69) is 37.9 Å². The van der Waals surface area contributed by atoms with Crippen molar-refractivity contribution < 1.29 is 4.74 Å². The summed E-state index contributed by atoms with van der Waals surface area (Å²) < 4.78 is 5.57. The van der Waals surface area contributed by atoms with Gasteiger partial charge in [0, 0.05) is 18.2 Å². The van der Waals surface area contributed by atoms with Crippen molar-refractivity contribution in [3.8, 4) is 5.75 Å².